The number of aromatic amines is 1. The van der Waals surface area contributed by atoms with E-state index in [1.54, 1.807) is 47.3 Å². The van der Waals surface area contributed by atoms with E-state index in [1.165, 1.54) is 6.33 Å². The van der Waals surface area contributed by atoms with Crippen LogP contribution in [0.4, 0.5) is 0 Å². The van der Waals surface area contributed by atoms with Crippen LogP contribution in [0.15, 0.2) is 61.1 Å². The highest BCUT2D eigenvalue weighted by molar-refractivity contribution is 6.30. The van der Waals surface area contributed by atoms with Crippen LogP contribution < -0.4 is 10.5 Å². The van der Waals surface area contributed by atoms with Gasteiger partial charge in [0.25, 0.3) is 6.10 Å². The zero-order valence-corrected chi connectivity index (χ0v) is 19.4. The average molecular weight is 516 g/mol. The Morgan fingerprint density at radius 3 is 2.39 bits per heavy atom. The largest absolute Gasteiger partial charge is 0.480 e. The number of nitrogens with zero attached hydrogens (tertiary/aromatic N) is 3. The molecule has 0 saturated carbocycles. The lowest BCUT2D eigenvalue weighted by atomic mass is 10.2. The van der Waals surface area contributed by atoms with Crippen molar-refractivity contribution < 1.29 is 34.4 Å². The van der Waals surface area contributed by atoms with Crippen LogP contribution >= 0.6 is 11.6 Å². The average Bonchev–Trinajstić information content (AvgIpc) is 3.46. The quantitative estimate of drug-likeness (QED) is 0.206. The molecule has 0 spiro atoms. The van der Waals surface area contributed by atoms with Crippen molar-refractivity contribution in [1.29, 1.82) is 0 Å². The van der Waals surface area contributed by atoms with E-state index >= 15 is 0 Å². The Morgan fingerprint density at radius 2 is 1.78 bits per heavy atom. The number of rotatable bonds is 9. The number of carbonyl (C=O) groups is 3. The number of halogens is 1. The third-order valence-electron chi connectivity index (χ3n) is 4.84. The Bertz CT molecular complexity index is 1340. The molecule has 6 N–H and O–H groups in total. The summed E-state index contributed by atoms with van der Waals surface area (Å²) >= 11 is 5.99. The Labute approximate surface area is 208 Å². The molecule has 0 aliphatic carbocycles. The first kappa shape index (κ1) is 26.2. The van der Waals surface area contributed by atoms with Crippen molar-refractivity contribution >= 4 is 40.4 Å². The molecular formula is C23H22ClN5O7. The first-order valence-electron chi connectivity index (χ1n) is 10.4. The third kappa shape index (κ3) is 6.81. The van der Waals surface area contributed by atoms with Gasteiger partial charge in [0.2, 0.25) is 5.88 Å². The van der Waals surface area contributed by atoms with Crippen LogP contribution in [0.3, 0.4) is 0 Å². The van der Waals surface area contributed by atoms with Crippen LogP contribution in [-0.2, 0) is 27.3 Å². The number of carboxylic acids is 3. The van der Waals surface area contributed by atoms with Crippen LogP contribution in [0.5, 0.6) is 5.88 Å². The number of hydrogen-bond acceptors (Lipinski definition) is 7. The number of aliphatic carboxylic acids is 3. The molecule has 1 atom stereocenters. The number of H-pyrrole nitrogens is 1. The second-order valence-electron chi connectivity index (χ2n) is 7.51. The van der Waals surface area contributed by atoms with Crippen LogP contribution in [0, 0.1) is 0 Å². The predicted molar refractivity (Wildman–Crippen MR) is 128 cm³/mol. The monoisotopic (exact) mass is 515 g/mol. The van der Waals surface area contributed by atoms with Crippen molar-refractivity contribution in [3.63, 3.8) is 0 Å². The summed E-state index contributed by atoms with van der Waals surface area (Å²) in [6.07, 6.45) is 1.31. The summed E-state index contributed by atoms with van der Waals surface area (Å²) in [6.45, 7) is 0.370. The van der Waals surface area contributed by atoms with E-state index in [0.29, 0.717) is 22.5 Å². The zero-order chi connectivity index (χ0) is 26.2. The van der Waals surface area contributed by atoms with E-state index in [2.05, 4.69) is 15.1 Å². The molecule has 0 bridgehead atoms. The fraction of sp³-hybridized carbons (Fsp3) is 0.174. The molecule has 2 aromatic heterocycles. The van der Waals surface area contributed by atoms with E-state index in [-0.39, 0.29) is 12.3 Å². The van der Waals surface area contributed by atoms with Gasteiger partial charge in [-0.05, 0) is 29.8 Å². The summed E-state index contributed by atoms with van der Waals surface area (Å²) in [7, 11) is 0. The minimum atomic E-state index is -2.03. The van der Waals surface area contributed by atoms with Crippen molar-refractivity contribution in [2.75, 3.05) is 0 Å². The van der Waals surface area contributed by atoms with E-state index in [0.717, 1.165) is 11.3 Å². The smallest absolute Gasteiger partial charge is 0.356 e. The number of nitrogens with one attached hydrogen (secondary N) is 1. The van der Waals surface area contributed by atoms with Crippen LogP contribution in [-0.4, -0.2) is 65.1 Å². The molecule has 188 valence electrons. The van der Waals surface area contributed by atoms with Gasteiger partial charge in [0.15, 0.2) is 0 Å². The van der Waals surface area contributed by atoms with Gasteiger partial charge in [0.05, 0.1) is 23.8 Å². The molecule has 0 aliphatic heterocycles. The number of imidazole rings is 1. The molecule has 0 fully saturated rings. The normalized spacial score (nSPS) is 11.5. The highest BCUT2D eigenvalue weighted by atomic mass is 35.5. The molecule has 13 heteroatoms. The van der Waals surface area contributed by atoms with Crippen molar-refractivity contribution in [3.8, 4) is 5.88 Å². The lowest BCUT2D eigenvalue weighted by Crippen LogP contribution is -2.35. The second kappa shape index (κ2) is 11.8. The van der Waals surface area contributed by atoms with Crippen molar-refractivity contribution in [1.82, 2.24) is 19.7 Å². The van der Waals surface area contributed by atoms with Gasteiger partial charge in [-0.25, -0.2) is 14.6 Å². The Hall–Kier alpha value is -4.42. The topological polar surface area (TPSA) is 194 Å². The molecule has 0 saturated heterocycles. The van der Waals surface area contributed by atoms with E-state index < -0.39 is 30.1 Å². The zero-order valence-electron chi connectivity index (χ0n) is 18.6. The van der Waals surface area contributed by atoms with Gasteiger partial charge in [-0.2, -0.15) is 0 Å². The minimum absolute atomic E-state index is 0.0487. The predicted octanol–water partition coefficient (Wildman–Crippen LogP) is 2.02. The van der Waals surface area contributed by atoms with Gasteiger partial charge in [-0.15, -0.1) is 5.10 Å². The van der Waals surface area contributed by atoms with E-state index in [9.17, 15) is 14.4 Å². The summed E-state index contributed by atoms with van der Waals surface area (Å²) in [5.74, 6) is -4.24. The molecule has 12 nitrogen and oxygen atoms in total. The summed E-state index contributed by atoms with van der Waals surface area (Å²) in [6, 6.07) is 13.4. The number of hydrogen-bond donors (Lipinski definition) is 5. The number of carboxylic acid groups (broad SMARTS) is 3. The number of fused-ring (bicyclic) bond motifs is 1. The molecule has 0 amide bonds. The lowest BCUT2D eigenvalue weighted by molar-refractivity contribution is -0.159. The molecule has 0 unspecified atom stereocenters. The first-order valence-corrected chi connectivity index (χ1v) is 10.8. The number of para-hydroxylation sites is 1. The second-order valence-corrected chi connectivity index (χ2v) is 7.95. The number of nitrogens with two attached hydrogens (primary N) is 1. The van der Waals surface area contributed by atoms with Gasteiger partial charge in [-0.1, -0.05) is 35.9 Å². The van der Waals surface area contributed by atoms with Gasteiger partial charge in [0.1, 0.15) is 6.04 Å². The summed E-state index contributed by atoms with van der Waals surface area (Å²) in [5.41, 5.74) is 7.57. The SMILES string of the molecule is N[C@@H](Cc1cnc[nH]1)C(=O)O.O=C(O)C(Oc1nn(Cc2cccc(Cl)c2)c2ccccc12)C(=O)O. The molecule has 0 radical (unpaired) electrons. The molecule has 4 aromatic rings. The molecule has 4 rings (SSSR count). The Kier molecular flexibility index (Phi) is 8.60. The summed E-state index contributed by atoms with van der Waals surface area (Å²) < 4.78 is 6.74. The van der Waals surface area contributed by atoms with Crippen LogP contribution in [0.2, 0.25) is 5.02 Å². The Balaban J connectivity index is 0.000000275. The standard InChI is InChI=1S/C17H13ClN2O5.C6H9N3O2/c18-11-5-3-4-10(8-11)9-20-13-7-2-1-6-12(13)15(19-20)25-14(16(21)22)17(23)24;7-5(6(10)11)1-4-2-8-3-9-4/h1-8,14H,9H2,(H,21,22)(H,23,24);2-3,5H,1,7H2,(H,8,9)(H,10,11)/t;5-/m.0/s1. The van der Waals surface area contributed by atoms with Gasteiger partial charge in [0, 0.05) is 23.3 Å². The molecular weight excluding hydrogens is 494 g/mol. The maximum absolute atomic E-state index is 11.1. The maximum Gasteiger partial charge on any atom is 0.356 e. The van der Waals surface area contributed by atoms with Crippen molar-refractivity contribution in [2.45, 2.75) is 25.1 Å². The van der Waals surface area contributed by atoms with Gasteiger partial charge >= 0.3 is 17.9 Å². The molecule has 2 aromatic carbocycles. The fourth-order valence-electron chi connectivity index (χ4n) is 3.15. The van der Waals surface area contributed by atoms with E-state index in [1.807, 2.05) is 12.1 Å². The van der Waals surface area contributed by atoms with Crippen molar-refractivity contribution in [2.24, 2.45) is 5.73 Å². The van der Waals surface area contributed by atoms with Crippen molar-refractivity contribution in [3.05, 3.63) is 77.3 Å². The maximum atomic E-state index is 11.1. The lowest BCUT2D eigenvalue weighted by Gasteiger charge is -2.08. The first-order chi connectivity index (χ1) is 17.2. The fourth-order valence-corrected chi connectivity index (χ4v) is 3.36. The van der Waals surface area contributed by atoms with Crippen LogP contribution in [0.1, 0.15) is 11.3 Å². The summed E-state index contributed by atoms with van der Waals surface area (Å²) in [5, 5.41) is 31.8. The van der Waals surface area contributed by atoms with Gasteiger partial charge in [-0.3, -0.25) is 9.48 Å². The molecule has 36 heavy (non-hydrogen) atoms. The van der Waals surface area contributed by atoms with E-state index in [4.69, 9.17) is 37.4 Å². The van der Waals surface area contributed by atoms with Gasteiger partial charge < -0.3 is 30.8 Å². The van der Waals surface area contributed by atoms with Crippen LogP contribution in [0.25, 0.3) is 10.9 Å². The highest BCUT2D eigenvalue weighted by Crippen LogP contribution is 2.26. The Morgan fingerprint density at radius 1 is 1.06 bits per heavy atom. The minimum Gasteiger partial charge on any atom is -0.480 e. The molecule has 0 aliphatic rings. The number of benzene rings is 2. The number of ether oxygens (including phenoxy) is 1. The summed E-state index contributed by atoms with van der Waals surface area (Å²) in [4.78, 5) is 38.9. The number of aromatic nitrogens is 4. The highest BCUT2D eigenvalue weighted by Gasteiger charge is 2.30. The third-order valence-corrected chi connectivity index (χ3v) is 5.07. The molecule has 2 heterocycles.